The van der Waals surface area contributed by atoms with Crippen LogP contribution in [0.3, 0.4) is 0 Å². The van der Waals surface area contributed by atoms with Gasteiger partial charge in [-0.05, 0) is 12.8 Å². The summed E-state index contributed by atoms with van der Waals surface area (Å²) in [6.07, 6.45) is 0. The summed E-state index contributed by atoms with van der Waals surface area (Å²) in [4.78, 5) is 2.19. The van der Waals surface area contributed by atoms with E-state index < -0.39 is 9.84 Å². The molecule has 84 valence electrons. The van der Waals surface area contributed by atoms with Gasteiger partial charge in [-0.1, -0.05) is 6.92 Å². The largest absolute Gasteiger partial charge is 0.328 e. The van der Waals surface area contributed by atoms with Gasteiger partial charge in [0.15, 0.2) is 9.84 Å². The molecule has 1 rings (SSSR count). The Kier molecular flexibility index (Phi) is 3.92. The van der Waals surface area contributed by atoms with E-state index in [-0.39, 0.29) is 6.04 Å². The Hall–Kier alpha value is -0.130. The topological polar surface area (TPSA) is 63.4 Å². The van der Waals surface area contributed by atoms with Crippen molar-refractivity contribution in [2.75, 3.05) is 31.1 Å². The highest BCUT2D eigenvalue weighted by Crippen LogP contribution is 2.08. The lowest BCUT2D eigenvalue weighted by atomic mass is 10.0. The number of hydrogen-bond donors (Lipinski definition) is 1. The second-order valence-corrected chi connectivity index (χ2v) is 6.59. The smallest absolute Gasteiger partial charge is 0.152 e. The van der Waals surface area contributed by atoms with Crippen LogP contribution in [-0.4, -0.2) is 50.5 Å². The van der Waals surface area contributed by atoms with Crippen molar-refractivity contribution in [2.24, 2.45) is 11.7 Å². The van der Waals surface area contributed by atoms with Crippen LogP contribution < -0.4 is 5.73 Å². The molecule has 0 spiro atoms. The number of rotatable bonds is 3. The molecule has 0 aromatic heterocycles. The van der Waals surface area contributed by atoms with Gasteiger partial charge in [-0.2, -0.15) is 0 Å². The van der Waals surface area contributed by atoms with E-state index in [4.69, 9.17) is 5.73 Å². The predicted molar refractivity (Wildman–Crippen MR) is 57.9 cm³/mol. The van der Waals surface area contributed by atoms with Crippen molar-refractivity contribution in [1.82, 2.24) is 4.90 Å². The Bertz CT molecular complexity index is 261. The summed E-state index contributed by atoms with van der Waals surface area (Å²) in [5.41, 5.74) is 5.76. The van der Waals surface area contributed by atoms with Gasteiger partial charge in [0.05, 0.1) is 11.5 Å². The fraction of sp³-hybridized carbons (Fsp3) is 1.00. The summed E-state index contributed by atoms with van der Waals surface area (Å²) in [5.74, 6) is 1.04. The Morgan fingerprint density at radius 2 is 1.79 bits per heavy atom. The molecule has 0 saturated carbocycles. The minimum absolute atomic E-state index is 0.175. The maximum atomic E-state index is 11.2. The van der Waals surface area contributed by atoms with Crippen molar-refractivity contribution in [3.05, 3.63) is 0 Å². The van der Waals surface area contributed by atoms with E-state index in [0.29, 0.717) is 30.5 Å². The summed E-state index contributed by atoms with van der Waals surface area (Å²) < 4.78 is 22.3. The van der Waals surface area contributed by atoms with Gasteiger partial charge < -0.3 is 10.6 Å². The van der Waals surface area contributed by atoms with Crippen molar-refractivity contribution < 1.29 is 8.42 Å². The van der Waals surface area contributed by atoms with E-state index in [2.05, 4.69) is 11.8 Å². The zero-order valence-corrected chi connectivity index (χ0v) is 9.76. The molecule has 0 aliphatic carbocycles. The molecule has 0 aromatic carbocycles. The first-order valence-electron chi connectivity index (χ1n) is 5.09. The monoisotopic (exact) mass is 220 g/mol. The molecule has 0 bridgehead atoms. The molecular weight excluding hydrogens is 200 g/mol. The molecule has 4 nitrogen and oxygen atoms in total. The second-order valence-electron chi connectivity index (χ2n) is 4.29. The van der Waals surface area contributed by atoms with E-state index >= 15 is 0 Å². The van der Waals surface area contributed by atoms with E-state index in [0.717, 1.165) is 6.54 Å². The summed E-state index contributed by atoms with van der Waals surface area (Å²) in [6, 6.07) is 0.175. The van der Waals surface area contributed by atoms with Gasteiger partial charge in [-0.15, -0.1) is 0 Å². The standard InChI is InChI=1S/C9H20N2O2S/c1-8(9(2)10)7-11-3-5-14(12,13)6-4-11/h8-9H,3-7,10H2,1-2H3. The first-order valence-corrected chi connectivity index (χ1v) is 6.91. The predicted octanol–water partition coefficient (Wildman–Crippen LogP) is -0.300. The van der Waals surface area contributed by atoms with Crippen LogP contribution in [0.1, 0.15) is 13.8 Å². The molecule has 1 fully saturated rings. The molecule has 2 unspecified atom stereocenters. The van der Waals surface area contributed by atoms with E-state index in [1.54, 1.807) is 0 Å². The molecular formula is C9H20N2O2S. The fourth-order valence-electron chi connectivity index (χ4n) is 1.51. The second kappa shape index (κ2) is 4.59. The lowest BCUT2D eigenvalue weighted by Gasteiger charge is -2.30. The minimum atomic E-state index is -2.74. The summed E-state index contributed by atoms with van der Waals surface area (Å²) in [5, 5.41) is 0. The van der Waals surface area contributed by atoms with Gasteiger partial charge in [0.1, 0.15) is 0 Å². The van der Waals surface area contributed by atoms with E-state index in [1.807, 2.05) is 6.92 Å². The third kappa shape index (κ3) is 3.55. The Balaban J connectivity index is 2.36. The minimum Gasteiger partial charge on any atom is -0.328 e. The SMILES string of the molecule is CC(N)C(C)CN1CCS(=O)(=O)CC1. The van der Waals surface area contributed by atoms with Gasteiger partial charge in [-0.25, -0.2) is 8.42 Å². The number of nitrogens with two attached hydrogens (primary N) is 1. The van der Waals surface area contributed by atoms with Crippen LogP contribution >= 0.6 is 0 Å². The molecule has 0 radical (unpaired) electrons. The van der Waals surface area contributed by atoms with Crippen molar-refractivity contribution >= 4 is 9.84 Å². The van der Waals surface area contributed by atoms with Crippen LogP contribution in [-0.2, 0) is 9.84 Å². The van der Waals surface area contributed by atoms with Crippen LogP contribution in [0.2, 0.25) is 0 Å². The van der Waals surface area contributed by atoms with Gasteiger partial charge in [0, 0.05) is 25.7 Å². The lowest BCUT2D eigenvalue weighted by molar-refractivity contribution is 0.241. The Morgan fingerprint density at radius 1 is 1.29 bits per heavy atom. The van der Waals surface area contributed by atoms with E-state index in [9.17, 15) is 8.42 Å². The van der Waals surface area contributed by atoms with Crippen molar-refractivity contribution in [3.63, 3.8) is 0 Å². The van der Waals surface area contributed by atoms with Crippen LogP contribution in [0.15, 0.2) is 0 Å². The molecule has 14 heavy (non-hydrogen) atoms. The molecule has 1 aliphatic rings. The molecule has 1 saturated heterocycles. The highest BCUT2D eigenvalue weighted by atomic mass is 32.2. The summed E-state index contributed by atoms with van der Waals surface area (Å²) >= 11 is 0. The van der Waals surface area contributed by atoms with Gasteiger partial charge in [0.25, 0.3) is 0 Å². The molecule has 1 heterocycles. The normalized spacial score (nSPS) is 27.1. The van der Waals surface area contributed by atoms with Crippen molar-refractivity contribution in [3.8, 4) is 0 Å². The Labute approximate surface area is 86.4 Å². The molecule has 5 heteroatoms. The molecule has 2 atom stereocenters. The Morgan fingerprint density at radius 3 is 2.21 bits per heavy atom. The third-order valence-corrected chi connectivity index (χ3v) is 4.49. The highest BCUT2D eigenvalue weighted by Gasteiger charge is 2.23. The number of hydrogen-bond acceptors (Lipinski definition) is 4. The van der Waals surface area contributed by atoms with E-state index in [1.165, 1.54) is 0 Å². The first kappa shape index (κ1) is 11.9. The van der Waals surface area contributed by atoms with Crippen molar-refractivity contribution in [1.29, 1.82) is 0 Å². The highest BCUT2D eigenvalue weighted by molar-refractivity contribution is 7.91. The lowest BCUT2D eigenvalue weighted by Crippen LogP contribution is -2.44. The maximum absolute atomic E-state index is 11.2. The van der Waals surface area contributed by atoms with Gasteiger partial charge in [-0.3, -0.25) is 0 Å². The van der Waals surface area contributed by atoms with Crippen LogP contribution in [0, 0.1) is 5.92 Å². The van der Waals surface area contributed by atoms with Crippen LogP contribution in [0.4, 0.5) is 0 Å². The zero-order valence-electron chi connectivity index (χ0n) is 8.94. The first-order chi connectivity index (χ1) is 6.41. The van der Waals surface area contributed by atoms with Crippen LogP contribution in [0.5, 0.6) is 0 Å². The van der Waals surface area contributed by atoms with Crippen LogP contribution in [0.25, 0.3) is 0 Å². The molecule has 0 amide bonds. The fourth-order valence-corrected chi connectivity index (χ4v) is 2.78. The molecule has 0 aromatic rings. The zero-order chi connectivity index (χ0) is 10.8. The van der Waals surface area contributed by atoms with Gasteiger partial charge in [0.2, 0.25) is 0 Å². The third-order valence-electron chi connectivity index (χ3n) is 2.88. The average Bonchev–Trinajstić information content (AvgIpc) is 2.08. The average molecular weight is 220 g/mol. The summed E-state index contributed by atoms with van der Waals surface area (Å²) in [7, 11) is -2.74. The summed E-state index contributed by atoms with van der Waals surface area (Å²) in [6.45, 7) is 6.34. The quantitative estimate of drug-likeness (QED) is 0.709. The number of nitrogens with zero attached hydrogens (tertiary/aromatic N) is 1. The number of sulfone groups is 1. The molecule has 1 aliphatic heterocycles. The van der Waals surface area contributed by atoms with Crippen molar-refractivity contribution in [2.45, 2.75) is 19.9 Å². The molecule has 2 N–H and O–H groups in total. The van der Waals surface area contributed by atoms with Gasteiger partial charge >= 0.3 is 0 Å². The maximum Gasteiger partial charge on any atom is 0.152 e.